The summed E-state index contributed by atoms with van der Waals surface area (Å²) in [6.07, 6.45) is 2.44. The summed E-state index contributed by atoms with van der Waals surface area (Å²) >= 11 is 0. The van der Waals surface area contributed by atoms with E-state index in [0.717, 1.165) is 19.5 Å². The molecule has 0 radical (unpaired) electrons. The average molecular weight is 249 g/mol. The summed E-state index contributed by atoms with van der Waals surface area (Å²) < 4.78 is 24.7. The van der Waals surface area contributed by atoms with Crippen molar-refractivity contribution in [2.45, 2.75) is 38.2 Å². The third-order valence-electron chi connectivity index (χ3n) is 3.54. The second-order valence-corrected chi connectivity index (χ2v) is 4.90. The highest BCUT2D eigenvalue weighted by molar-refractivity contribution is 4.75. The summed E-state index contributed by atoms with van der Waals surface area (Å²) in [5.74, 6) is 0. The summed E-state index contributed by atoms with van der Waals surface area (Å²) in [5.41, 5.74) is 5.44. The maximum absolute atomic E-state index is 12.4. The zero-order valence-electron chi connectivity index (χ0n) is 10.7. The summed E-state index contributed by atoms with van der Waals surface area (Å²) in [7, 11) is 2.13. The van der Waals surface area contributed by atoms with Crippen molar-refractivity contribution in [1.29, 1.82) is 0 Å². The van der Waals surface area contributed by atoms with E-state index in [-0.39, 0.29) is 6.54 Å². The highest BCUT2D eigenvalue weighted by atomic mass is 19.3. The molecule has 0 amide bonds. The van der Waals surface area contributed by atoms with E-state index < -0.39 is 6.43 Å². The van der Waals surface area contributed by atoms with Crippen LogP contribution in [0.25, 0.3) is 0 Å². The molecule has 1 aliphatic heterocycles. The molecule has 1 fully saturated rings. The first-order chi connectivity index (χ1) is 8.13. The van der Waals surface area contributed by atoms with Crippen molar-refractivity contribution in [3.63, 3.8) is 0 Å². The molecule has 1 heterocycles. The molecule has 1 unspecified atom stereocenters. The predicted octanol–water partition coefficient (Wildman–Crippen LogP) is 1.39. The molecular weight excluding hydrogens is 224 g/mol. The van der Waals surface area contributed by atoms with Crippen LogP contribution in [0.1, 0.15) is 25.7 Å². The Morgan fingerprint density at radius 2 is 2.12 bits per heavy atom. The minimum atomic E-state index is -2.26. The fraction of sp³-hybridized carbons (Fsp3) is 1.00. The van der Waals surface area contributed by atoms with Gasteiger partial charge in [-0.3, -0.25) is 4.90 Å². The predicted molar refractivity (Wildman–Crippen MR) is 66.4 cm³/mol. The largest absolute Gasteiger partial charge is 0.329 e. The monoisotopic (exact) mass is 249 g/mol. The molecule has 0 saturated carbocycles. The Kier molecular flexibility index (Phi) is 6.92. The van der Waals surface area contributed by atoms with Crippen LogP contribution in [0, 0.1) is 0 Å². The van der Waals surface area contributed by atoms with Crippen LogP contribution >= 0.6 is 0 Å². The van der Waals surface area contributed by atoms with Crippen LogP contribution < -0.4 is 5.73 Å². The van der Waals surface area contributed by atoms with Crippen LogP contribution in [0.4, 0.5) is 8.78 Å². The number of piperidine rings is 1. The van der Waals surface area contributed by atoms with Crippen molar-refractivity contribution >= 4 is 0 Å². The first-order valence-corrected chi connectivity index (χ1v) is 6.54. The molecule has 0 aromatic heterocycles. The van der Waals surface area contributed by atoms with Gasteiger partial charge in [-0.2, -0.15) is 0 Å². The fourth-order valence-electron chi connectivity index (χ4n) is 2.51. The van der Waals surface area contributed by atoms with Crippen LogP contribution in [0.3, 0.4) is 0 Å². The van der Waals surface area contributed by atoms with Crippen molar-refractivity contribution in [2.24, 2.45) is 5.73 Å². The molecular formula is C12H25F2N3. The Labute approximate surface area is 103 Å². The van der Waals surface area contributed by atoms with Gasteiger partial charge in [-0.25, -0.2) is 8.78 Å². The van der Waals surface area contributed by atoms with Gasteiger partial charge in [0.25, 0.3) is 6.43 Å². The summed E-state index contributed by atoms with van der Waals surface area (Å²) in [5, 5.41) is 0. The van der Waals surface area contributed by atoms with E-state index in [1.165, 1.54) is 19.3 Å². The van der Waals surface area contributed by atoms with Gasteiger partial charge in [0.2, 0.25) is 0 Å². The van der Waals surface area contributed by atoms with Gasteiger partial charge < -0.3 is 10.6 Å². The summed E-state index contributed by atoms with van der Waals surface area (Å²) in [4.78, 5) is 4.14. The van der Waals surface area contributed by atoms with E-state index in [1.807, 2.05) is 0 Å². The van der Waals surface area contributed by atoms with Crippen molar-refractivity contribution in [3.05, 3.63) is 0 Å². The van der Waals surface area contributed by atoms with Gasteiger partial charge in [-0.1, -0.05) is 6.42 Å². The van der Waals surface area contributed by atoms with Crippen molar-refractivity contribution in [1.82, 2.24) is 9.80 Å². The molecule has 1 atom stereocenters. The molecule has 0 bridgehead atoms. The minimum Gasteiger partial charge on any atom is -0.329 e. The van der Waals surface area contributed by atoms with Gasteiger partial charge in [-0.05, 0) is 39.4 Å². The topological polar surface area (TPSA) is 32.5 Å². The third-order valence-corrected chi connectivity index (χ3v) is 3.54. The average Bonchev–Trinajstić information content (AvgIpc) is 2.27. The van der Waals surface area contributed by atoms with Crippen LogP contribution in [-0.4, -0.2) is 62.0 Å². The highest BCUT2D eigenvalue weighted by Gasteiger charge is 2.20. The number of nitrogens with zero attached hydrogens (tertiary/aromatic N) is 2. The van der Waals surface area contributed by atoms with Gasteiger partial charge in [0, 0.05) is 19.1 Å². The number of hydrogen-bond acceptors (Lipinski definition) is 3. The van der Waals surface area contributed by atoms with Crippen molar-refractivity contribution in [3.8, 4) is 0 Å². The molecule has 17 heavy (non-hydrogen) atoms. The zero-order chi connectivity index (χ0) is 12.7. The molecule has 2 N–H and O–H groups in total. The van der Waals surface area contributed by atoms with Gasteiger partial charge >= 0.3 is 0 Å². The lowest BCUT2D eigenvalue weighted by molar-refractivity contribution is 0.0804. The first-order valence-electron chi connectivity index (χ1n) is 6.54. The number of likely N-dealkylation sites (tertiary alicyclic amines) is 1. The fourth-order valence-corrected chi connectivity index (χ4v) is 2.51. The van der Waals surface area contributed by atoms with Crippen LogP contribution in [-0.2, 0) is 0 Å². The first kappa shape index (κ1) is 14.8. The molecule has 0 aromatic rings. The van der Waals surface area contributed by atoms with E-state index >= 15 is 0 Å². The molecule has 1 rings (SSSR count). The van der Waals surface area contributed by atoms with E-state index in [2.05, 4.69) is 11.9 Å². The lowest BCUT2D eigenvalue weighted by atomic mass is 10.00. The van der Waals surface area contributed by atoms with Crippen LogP contribution in [0.15, 0.2) is 0 Å². The normalized spacial score (nSPS) is 22.6. The van der Waals surface area contributed by atoms with Gasteiger partial charge in [-0.15, -0.1) is 0 Å². The number of nitrogens with two attached hydrogens (primary N) is 1. The van der Waals surface area contributed by atoms with Gasteiger partial charge in [0.1, 0.15) is 0 Å². The maximum Gasteiger partial charge on any atom is 0.251 e. The Morgan fingerprint density at radius 1 is 1.35 bits per heavy atom. The second-order valence-electron chi connectivity index (χ2n) is 4.90. The molecule has 5 heteroatoms. The SMILES string of the molecule is CN1CCCCC1CCN(CCN)CC(F)F. The number of halogens is 2. The Bertz CT molecular complexity index is 202. The van der Waals surface area contributed by atoms with Crippen LogP contribution in [0.5, 0.6) is 0 Å². The third kappa shape index (κ3) is 5.75. The molecule has 1 aliphatic rings. The minimum absolute atomic E-state index is 0.145. The van der Waals surface area contributed by atoms with Crippen molar-refractivity contribution < 1.29 is 8.78 Å². The van der Waals surface area contributed by atoms with E-state index in [0.29, 0.717) is 19.1 Å². The summed E-state index contributed by atoms with van der Waals surface area (Å²) in [6.45, 7) is 2.74. The maximum atomic E-state index is 12.4. The number of rotatable bonds is 7. The van der Waals surface area contributed by atoms with Gasteiger partial charge in [0.05, 0.1) is 6.54 Å². The Hall–Kier alpha value is -0.260. The molecule has 1 saturated heterocycles. The van der Waals surface area contributed by atoms with Crippen LogP contribution in [0.2, 0.25) is 0 Å². The lowest BCUT2D eigenvalue weighted by Gasteiger charge is -2.34. The standard InChI is InChI=1S/C12H25F2N3/c1-16-7-3-2-4-11(16)5-8-17(9-6-15)10-12(13)14/h11-12H,2-10,15H2,1H3. The number of hydrogen-bond donors (Lipinski definition) is 1. The zero-order valence-corrected chi connectivity index (χ0v) is 10.7. The highest BCUT2D eigenvalue weighted by Crippen LogP contribution is 2.18. The smallest absolute Gasteiger partial charge is 0.251 e. The van der Waals surface area contributed by atoms with Gasteiger partial charge in [0.15, 0.2) is 0 Å². The van der Waals surface area contributed by atoms with E-state index in [1.54, 1.807) is 4.90 Å². The lowest BCUT2D eigenvalue weighted by Crippen LogP contribution is -2.41. The summed E-state index contributed by atoms with van der Waals surface area (Å²) in [6, 6.07) is 0.557. The Balaban J connectivity index is 2.28. The number of alkyl halides is 2. The molecule has 102 valence electrons. The van der Waals surface area contributed by atoms with Crippen molar-refractivity contribution in [2.75, 3.05) is 39.8 Å². The molecule has 0 aliphatic carbocycles. The van der Waals surface area contributed by atoms with E-state index in [4.69, 9.17) is 5.73 Å². The second kappa shape index (κ2) is 7.95. The van der Waals surface area contributed by atoms with E-state index in [9.17, 15) is 8.78 Å². The quantitative estimate of drug-likeness (QED) is 0.740. The molecule has 0 spiro atoms. The molecule has 0 aromatic carbocycles. The molecule has 3 nitrogen and oxygen atoms in total. The Morgan fingerprint density at radius 3 is 2.71 bits per heavy atom.